The van der Waals surface area contributed by atoms with E-state index in [0.29, 0.717) is 23.2 Å². The summed E-state index contributed by atoms with van der Waals surface area (Å²) in [6.45, 7) is 0.728. The molecule has 28 heavy (non-hydrogen) atoms. The van der Waals surface area contributed by atoms with Crippen LogP contribution in [0.5, 0.6) is 0 Å². The number of hydrogen-bond donors (Lipinski definition) is 1. The largest absolute Gasteiger partial charge is 0.433 e. The Hall–Kier alpha value is -2.59. The van der Waals surface area contributed by atoms with E-state index in [2.05, 4.69) is 4.98 Å². The Balaban J connectivity index is 1.88. The molecule has 1 aliphatic rings. The number of pyridine rings is 1. The Bertz CT molecular complexity index is 858. The molecular weight excluding hydrogens is 382 g/mol. The lowest BCUT2D eigenvalue weighted by molar-refractivity contribution is -0.384. The number of nitro benzene ring substituents is 1. The number of aliphatic hydroxyl groups excluding tert-OH is 1. The van der Waals surface area contributed by atoms with Crippen molar-refractivity contribution in [1.82, 2.24) is 9.88 Å². The first kappa shape index (κ1) is 20.2. The van der Waals surface area contributed by atoms with Crippen molar-refractivity contribution in [2.24, 2.45) is 0 Å². The minimum absolute atomic E-state index is 0.0982. The molecule has 2 aromatic rings. The predicted octanol–water partition coefficient (Wildman–Crippen LogP) is 3.58. The van der Waals surface area contributed by atoms with E-state index in [1.165, 1.54) is 18.2 Å². The maximum atomic E-state index is 13.4. The molecule has 1 aliphatic heterocycles. The number of hydrogen-bond acceptors (Lipinski definition) is 5. The molecule has 2 heterocycles. The fraction of sp³-hybridized carbons (Fsp3) is 0.389. The Kier molecular flexibility index (Phi) is 5.61. The van der Waals surface area contributed by atoms with E-state index in [4.69, 9.17) is 0 Å². The molecule has 1 aromatic heterocycles. The quantitative estimate of drug-likeness (QED) is 0.483. The molecule has 1 N–H and O–H groups in total. The average molecular weight is 399 g/mol. The van der Waals surface area contributed by atoms with Crippen molar-refractivity contribution < 1.29 is 27.6 Å². The maximum absolute atomic E-state index is 13.4. The second-order valence-corrected chi connectivity index (χ2v) is 6.68. The van der Waals surface area contributed by atoms with Gasteiger partial charge in [0.2, 0.25) is 0 Å². The Morgan fingerprint density at radius 1 is 1.25 bits per heavy atom. The van der Waals surface area contributed by atoms with Crippen LogP contribution in [0.2, 0.25) is 0 Å². The number of rotatable bonds is 4. The van der Waals surface area contributed by atoms with Crippen LogP contribution in [0.3, 0.4) is 0 Å². The van der Waals surface area contributed by atoms with Crippen molar-refractivity contribution >= 4 is 5.69 Å². The highest BCUT2D eigenvalue weighted by molar-refractivity contribution is 5.66. The molecule has 6 nitrogen and oxygen atoms in total. The molecule has 1 saturated heterocycles. The van der Waals surface area contributed by atoms with Gasteiger partial charge in [-0.1, -0.05) is 6.07 Å². The van der Waals surface area contributed by atoms with Crippen LogP contribution in [0.15, 0.2) is 36.5 Å². The summed E-state index contributed by atoms with van der Waals surface area (Å²) in [6, 6.07) is 6.25. The molecule has 0 unspecified atom stereocenters. The third kappa shape index (κ3) is 4.63. The first-order chi connectivity index (χ1) is 13.1. The first-order valence-electron chi connectivity index (χ1n) is 8.50. The Morgan fingerprint density at radius 2 is 2.00 bits per heavy atom. The minimum atomic E-state index is -4.57. The van der Waals surface area contributed by atoms with E-state index in [0.717, 1.165) is 12.3 Å². The number of aromatic nitrogens is 1. The summed E-state index contributed by atoms with van der Waals surface area (Å²) in [7, 11) is 0. The van der Waals surface area contributed by atoms with Gasteiger partial charge in [0.15, 0.2) is 0 Å². The summed E-state index contributed by atoms with van der Waals surface area (Å²) in [5.41, 5.74) is -0.0706. The summed E-state index contributed by atoms with van der Waals surface area (Å²) < 4.78 is 51.4. The molecule has 1 fully saturated rings. The zero-order chi connectivity index (χ0) is 20.5. The molecule has 1 aromatic carbocycles. The zero-order valence-corrected chi connectivity index (χ0v) is 14.6. The van der Waals surface area contributed by atoms with Crippen molar-refractivity contribution in [3.63, 3.8) is 0 Å². The highest BCUT2D eigenvalue weighted by atomic mass is 19.4. The Labute approximate surface area is 157 Å². The summed E-state index contributed by atoms with van der Waals surface area (Å²) in [5.74, 6) is 0. The van der Waals surface area contributed by atoms with Gasteiger partial charge in [-0.15, -0.1) is 0 Å². The second kappa shape index (κ2) is 7.80. The van der Waals surface area contributed by atoms with Gasteiger partial charge in [-0.05, 0) is 29.7 Å². The van der Waals surface area contributed by atoms with Crippen LogP contribution in [0.25, 0.3) is 11.1 Å². The van der Waals surface area contributed by atoms with Crippen LogP contribution < -0.4 is 0 Å². The molecule has 0 radical (unpaired) electrons. The molecule has 10 heteroatoms. The second-order valence-electron chi connectivity index (χ2n) is 6.68. The van der Waals surface area contributed by atoms with Crippen molar-refractivity contribution in [3.05, 3.63) is 57.9 Å². The third-order valence-corrected chi connectivity index (χ3v) is 4.57. The van der Waals surface area contributed by atoms with Gasteiger partial charge in [-0.2, -0.15) is 13.2 Å². The highest BCUT2D eigenvalue weighted by Gasteiger charge is 2.32. The van der Waals surface area contributed by atoms with Gasteiger partial charge in [-0.25, -0.2) is 4.39 Å². The lowest BCUT2D eigenvalue weighted by atomic mass is 10.0. The summed E-state index contributed by atoms with van der Waals surface area (Å²) in [5, 5.41) is 20.9. The zero-order valence-electron chi connectivity index (χ0n) is 14.6. The van der Waals surface area contributed by atoms with E-state index >= 15 is 0 Å². The normalized spacial score (nSPS) is 20.9. The number of nitro groups is 1. The number of likely N-dealkylation sites (tertiary alicyclic amines) is 1. The van der Waals surface area contributed by atoms with Crippen LogP contribution >= 0.6 is 0 Å². The van der Waals surface area contributed by atoms with Gasteiger partial charge < -0.3 is 5.11 Å². The number of β-amino-alcohol motifs (C(OH)–C–C–N with tert-alkyl or cyclic N) is 1. The van der Waals surface area contributed by atoms with E-state index in [-0.39, 0.29) is 25.2 Å². The van der Waals surface area contributed by atoms with Crippen LogP contribution in [-0.4, -0.2) is 45.3 Å². The maximum Gasteiger partial charge on any atom is 0.433 e. The van der Waals surface area contributed by atoms with E-state index in [9.17, 15) is 32.8 Å². The average Bonchev–Trinajstić information content (AvgIpc) is 2.64. The van der Waals surface area contributed by atoms with Crippen LogP contribution in [0, 0.1) is 10.1 Å². The molecular formula is C18H17F4N3O3. The number of non-ortho nitro benzene ring substituents is 1. The van der Waals surface area contributed by atoms with E-state index in [1.807, 2.05) is 0 Å². The van der Waals surface area contributed by atoms with Crippen molar-refractivity contribution in [2.75, 3.05) is 13.1 Å². The summed E-state index contributed by atoms with van der Waals surface area (Å²) in [4.78, 5) is 15.8. The molecule has 150 valence electrons. The van der Waals surface area contributed by atoms with E-state index in [1.54, 1.807) is 11.0 Å². The molecule has 0 saturated carbocycles. The molecule has 0 spiro atoms. The molecule has 0 amide bonds. The number of nitrogens with zero attached hydrogens (tertiary/aromatic N) is 3. The van der Waals surface area contributed by atoms with Crippen LogP contribution in [-0.2, 0) is 12.7 Å². The minimum Gasteiger partial charge on any atom is -0.389 e. The van der Waals surface area contributed by atoms with Gasteiger partial charge in [0.05, 0.1) is 11.0 Å². The van der Waals surface area contributed by atoms with Gasteiger partial charge in [0.25, 0.3) is 5.69 Å². The van der Waals surface area contributed by atoms with Crippen molar-refractivity contribution in [3.8, 4) is 11.1 Å². The van der Waals surface area contributed by atoms with Crippen LogP contribution in [0.1, 0.15) is 17.7 Å². The van der Waals surface area contributed by atoms with Gasteiger partial charge >= 0.3 is 6.18 Å². The first-order valence-corrected chi connectivity index (χ1v) is 8.50. The van der Waals surface area contributed by atoms with Gasteiger partial charge in [0.1, 0.15) is 11.9 Å². The fourth-order valence-electron chi connectivity index (χ4n) is 3.14. The lowest BCUT2D eigenvalue weighted by Crippen LogP contribution is -2.44. The topological polar surface area (TPSA) is 79.5 Å². The van der Waals surface area contributed by atoms with Crippen molar-refractivity contribution in [1.29, 1.82) is 0 Å². The molecule has 2 atom stereocenters. The molecule has 0 aliphatic carbocycles. The number of halogens is 4. The molecule has 3 rings (SSSR count). The number of aliphatic hydroxyl groups is 1. The van der Waals surface area contributed by atoms with Gasteiger partial charge in [-0.3, -0.25) is 20.0 Å². The van der Waals surface area contributed by atoms with Crippen molar-refractivity contribution in [2.45, 2.75) is 31.4 Å². The summed E-state index contributed by atoms with van der Waals surface area (Å²) in [6.07, 6.45) is -5.81. The van der Waals surface area contributed by atoms with Crippen LogP contribution in [0.4, 0.5) is 23.2 Å². The molecule has 0 bridgehead atoms. The fourth-order valence-corrected chi connectivity index (χ4v) is 3.14. The number of piperidine rings is 1. The van der Waals surface area contributed by atoms with Gasteiger partial charge in [0, 0.05) is 43.5 Å². The highest BCUT2D eigenvalue weighted by Crippen LogP contribution is 2.31. The standard InChI is InChI=1S/C18H17F4N3O3/c19-15-3-4-24(10-16(15)26)9-11-5-13(7-14(6-11)25(27)28)12-1-2-17(23-8-12)18(20,21)22/h1-2,5-8,15-16,26H,3-4,9-10H2/t15-,16-/m1/s1. The third-order valence-electron chi connectivity index (χ3n) is 4.57. The smallest absolute Gasteiger partial charge is 0.389 e. The lowest BCUT2D eigenvalue weighted by Gasteiger charge is -2.32. The monoisotopic (exact) mass is 399 g/mol. The number of alkyl halides is 4. The number of benzene rings is 1. The SMILES string of the molecule is O=[N+]([O-])c1cc(CN2CC[C@@H](F)[C@H](O)C2)cc(-c2ccc(C(F)(F)F)nc2)c1. The van der Waals surface area contributed by atoms with E-state index < -0.39 is 29.1 Å². The Morgan fingerprint density at radius 3 is 2.57 bits per heavy atom. The predicted molar refractivity (Wildman–Crippen MR) is 92.1 cm³/mol. The summed E-state index contributed by atoms with van der Waals surface area (Å²) >= 11 is 0.